The van der Waals surface area contributed by atoms with E-state index in [4.69, 9.17) is 5.73 Å². The number of likely N-dealkylation sites (tertiary alicyclic amines) is 1. The molecule has 2 fully saturated rings. The molecule has 1 aromatic heterocycles. The number of hydrogen-bond acceptors (Lipinski definition) is 4. The molecular formula is C20H29Cl2N5O. The van der Waals surface area contributed by atoms with Crippen molar-refractivity contribution in [3.63, 3.8) is 0 Å². The molecule has 2 aromatic rings. The lowest BCUT2D eigenvalue weighted by Gasteiger charge is -2.23. The summed E-state index contributed by atoms with van der Waals surface area (Å²) >= 11 is 0. The standard InChI is InChI=1S/C20H27N5O.2ClH/c1-14-10-19(23(2)22-14)25-9-8-18(20(25)26)24-12-16(11-21)17(13-24)15-6-4-3-5-7-15;;/h3-7,10,16-18H,8-9,11-13,21H2,1-2H3;2*1H/t16-,17+,18?;;/m1../s1. The van der Waals surface area contributed by atoms with E-state index in [0.717, 1.165) is 37.6 Å². The zero-order valence-corrected chi connectivity index (χ0v) is 18.0. The zero-order chi connectivity index (χ0) is 18.3. The summed E-state index contributed by atoms with van der Waals surface area (Å²) in [5.74, 6) is 1.89. The van der Waals surface area contributed by atoms with Gasteiger partial charge < -0.3 is 5.73 Å². The third-order valence-corrected chi connectivity index (χ3v) is 5.87. The lowest BCUT2D eigenvalue weighted by molar-refractivity contribution is -0.121. The number of rotatable bonds is 4. The Hall–Kier alpha value is -1.60. The van der Waals surface area contributed by atoms with E-state index in [0.29, 0.717) is 18.4 Å². The molecule has 0 saturated carbocycles. The van der Waals surface area contributed by atoms with E-state index in [1.54, 1.807) is 4.68 Å². The Morgan fingerprint density at radius 2 is 1.89 bits per heavy atom. The minimum absolute atomic E-state index is 0. The first kappa shape index (κ1) is 22.7. The number of aromatic nitrogens is 2. The van der Waals surface area contributed by atoms with E-state index in [9.17, 15) is 4.79 Å². The highest BCUT2D eigenvalue weighted by atomic mass is 35.5. The third-order valence-electron chi connectivity index (χ3n) is 5.87. The molecule has 3 heterocycles. The molecule has 4 rings (SSSR count). The van der Waals surface area contributed by atoms with Crippen LogP contribution < -0.4 is 10.6 Å². The Morgan fingerprint density at radius 1 is 1.18 bits per heavy atom. The number of carbonyl (C=O) groups excluding carboxylic acids is 1. The number of hydrogen-bond donors (Lipinski definition) is 1. The summed E-state index contributed by atoms with van der Waals surface area (Å²) in [4.78, 5) is 17.3. The number of nitrogens with two attached hydrogens (primary N) is 1. The maximum atomic E-state index is 13.1. The molecule has 3 atom stereocenters. The molecule has 0 aliphatic carbocycles. The molecule has 6 nitrogen and oxygen atoms in total. The fraction of sp³-hybridized carbons (Fsp3) is 0.500. The van der Waals surface area contributed by atoms with Crippen LogP contribution in [-0.2, 0) is 11.8 Å². The van der Waals surface area contributed by atoms with Gasteiger partial charge in [0.2, 0.25) is 5.91 Å². The first-order valence-electron chi connectivity index (χ1n) is 9.39. The Labute approximate surface area is 178 Å². The lowest BCUT2D eigenvalue weighted by Crippen LogP contribution is -2.41. The number of amides is 1. The number of halogens is 2. The van der Waals surface area contributed by atoms with E-state index in [-0.39, 0.29) is 36.8 Å². The summed E-state index contributed by atoms with van der Waals surface area (Å²) in [6.45, 7) is 5.16. The Morgan fingerprint density at radius 3 is 2.50 bits per heavy atom. The predicted octanol–water partition coefficient (Wildman–Crippen LogP) is 2.35. The zero-order valence-electron chi connectivity index (χ0n) is 16.3. The van der Waals surface area contributed by atoms with Crippen LogP contribution in [-0.4, -0.2) is 52.8 Å². The summed E-state index contributed by atoms with van der Waals surface area (Å²) in [7, 11) is 1.90. The first-order chi connectivity index (χ1) is 12.6. The van der Waals surface area contributed by atoms with Crippen LogP contribution in [0.4, 0.5) is 5.82 Å². The monoisotopic (exact) mass is 425 g/mol. The SMILES string of the molecule is Cc1cc(N2CCC(N3C[C@@H](CN)[C@H](c4ccccc4)C3)C2=O)n(C)n1.Cl.Cl. The number of anilines is 1. The number of carbonyl (C=O) groups is 1. The summed E-state index contributed by atoms with van der Waals surface area (Å²) in [5, 5.41) is 4.38. The van der Waals surface area contributed by atoms with Gasteiger partial charge in [-0.15, -0.1) is 24.8 Å². The molecule has 2 N–H and O–H groups in total. The topological polar surface area (TPSA) is 67.4 Å². The van der Waals surface area contributed by atoms with E-state index in [1.807, 2.05) is 31.0 Å². The fourth-order valence-corrected chi connectivity index (χ4v) is 4.56. The Bertz CT molecular complexity index is 797. The molecule has 0 spiro atoms. The normalized spacial score (nSPS) is 24.9. The van der Waals surface area contributed by atoms with E-state index >= 15 is 0 Å². The van der Waals surface area contributed by atoms with Crippen LogP contribution in [0.2, 0.25) is 0 Å². The van der Waals surface area contributed by atoms with Crippen molar-refractivity contribution in [2.75, 3.05) is 31.1 Å². The fourth-order valence-electron chi connectivity index (χ4n) is 4.56. The summed E-state index contributed by atoms with van der Waals surface area (Å²) < 4.78 is 1.80. The highest BCUT2D eigenvalue weighted by Crippen LogP contribution is 2.35. The summed E-state index contributed by atoms with van der Waals surface area (Å²) in [6, 6.07) is 12.5. The van der Waals surface area contributed by atoms with Gasteiger partial charge in [0, 0.05) is 38.7 Å². The van der Waals surface area contributed by atoms with Crippen molar-refractivity contribution in [1.29, 1.82) is 0 Å². The molecule has 2 aliphatic heterocycles. The van der Waals surface area contributed by atoms with Crippen molar-refractivity contribution in [1.82, 2.24) is 14.7 Å². The molecule has 1 unspecified atom stereocenters. The summed E-state index contributed by atoms with van der Waals surface area (Å²) in [5.41, 5.74) is 8.33. The lowest BCUT2D eigenvalue weighted by atomic mass is 9.89. The van der Waals surface area contributed by atoms with Gasteiger partial charge in [-0.05, 0) is 31.4 Å². The van der Waals surface area contributed by atoms with Crippen LogP contribution in [0.3, 0.4) is 0 Å². The molecule has 1 aromatic carbocycles. The van der Waals surface area contributed by atoms with Crippen LogP contribution in [0.5, 0.6) is 0 Å². The second-order valence-electron chi connectivity index (χ2n) is 7.53. The molecule has 28 heavy (non-hydrogen) atoms. The maximum absolute atomic E-state index is 13.1. The van der Waals surface area contributed by atoms with E-state index in [1.165, 1.54) is 5.56 Å². The molecule has 1 amide bonds. The van der Waals surface area contributed by atoms with Crippen molar-refractivity contribution in [3.8, 4) is 0 Å². The van der Waals surface area contributed by atoms with Crippen LogP contribution in [0, 0.1) is 12.8 Å². The van der Waals surface area contributed by atoms with Gasteiger partial charge >= 0.3 is 0 Å². The number of benzene rings is 1. The predicted molar refractivity (Wildman–Crippen MR) is 116 cm³/mol. The second kappa shape index (κ2) is 9.27. The van der Waals surface area contributed by atoms with Gasteiger partial charge in [0.05, 0.1) is 11.7 Å². The van der Waals surface area contributed by atoms with Crippen LogP contribution in [0.1, 0.15) is 23.6 Å². The van der Waals surface area contributed by atoms with E-state index in [2.05, 4.69) is 34.3 Å². The molecule has 0 radical (unpaired) electrons. The minimum Gasteiger partial charge on any atom is -0.330 e. The quantitative estimate of drug-likeness (QED) is 0.815. The molecule has 2 saturated heterocycles. The van der Waals surface area contributed by atoms with Gasteiger partial charge in [0.1, 0.15) is 5.82 Å². The van der Waals surface area contributed by atoms with Crippen LogP contribution in [0.15, 0.2) is 36.4 Å². The van der Waals surface area contributed by atoms with Gasteiger partial charge in [0.15, 0.2) is 0 Å². The van der Waals surface area contributed by atoms with Gasteiger partial charge in [-0.25, -0.2) is 0 Å². The van der Waals surface area contributed by atoms with E-state index < -0.39 is 0 Å². The molecular weight excluding hydrogens is 397 g/mol. The van der Waals surface area contributed by atoms with Gasteiger partial charge in [0.25, 0.3) is 0 Å². The third kappa shape index (κ3) is 4.06. The highest BCUT2D eigenvalue weighted by molar-refractivity contribution is 5.98. The molecule has 0 bridgehead atoms. The average molecular weight is 426 g/mol. The van der Waals surface area contributed by atoms with Crippen molar-refractivity contribution in [3.05, 3.63) is 47.7 Å². The van der Waals surface area contributed by atoms with Crippen molar-refractivity contribution in [2.45, 2.75) is 25.3 Å². The second-order valence-corrected chi connectivity index (χ2v) is 7.53. The van der Waals surface area contributed by atoms with Crippen molar-refractivity contribution >= 4 is 36.5 Å². The number of aryl methyl sites for hydroxylation is 2. The minimum atomic E-state index is -0.0482. The highest BCUT2D eigenvalue weighted by Gasteiger charge is 2.43. The average Bonchev–Trinajstić information content (AvgIpc) is 3.32. The molecule has 8 heteroatoms. The van der Waals surface area contributed by atoms with Crippen molar-refractivity contribution < 1.29 is 4.79 Å². The van der Waals surface area contributed by atoms with Gasteiger partial charge in [-0.3, -0.25) is 19.3 Å². The Balaban J connectivity index is 0.00000140. The largest absolute Gasteiger partial charge is 0.330 e. The number of nitrogens with zero attached hydrogens (tertiary/aromatic N) is 4. The molecule has 2 aliphatic rings. The van der Waals surface area contributed by atoms with Gasteiger partial charge in [-0.1, -0.05) is 30.3 Å². The molecule has 154 valence electrons. The van der Waals surface area contributed by atoms with Crippen LogP contribution in [0.25, 0.3) is 0 Å². The smallest absolute Gasteiger partial charge is 0.245 e. The Kier molecular flexibility index (Phi) is 7.51. The first-order valence-corrected chi connectivity index (χ1v) is 9.39. The van der Waals surface area contributed by atoms with Crippen LogP contribution >= 0.6 is 24.8 Å². The van der Waals surface area contributed by atoms with Gasteiger partial charge in [-0.2, -0.15) is 5.10 Å². The van der Waals surface area contributed by atoms with Crippen molar-refractivity contribution in [2.24, 2.45) is 18.7 Å². The maximum Gasteiger partial charge on any atom is 0.245 e. The summed E-state index contributed by atoms with van der Waals surface area (Å²) in [6.07, 6.45) is 0.863.